The third kappa shape index (κ3) is 8.57. The number of hydrogen-bond acceptors (Lipinski definition) is 4. The van der Waals surface area contributed by atoms with Crippen molar-refractivity contribution in [2.75, 3.05) is 10.8 Å². The highest BCUT2D eigenvalue weighted by Gasteiger charge is 2.35. The average molecular weight is 630 g/mol. The zero-order chi connectivity index (χ0) is 32.6. The molecular formula is C36H40FN3O4S. The van der Waals surface area contributed by atoms with Gasteiger partial charge < -0.3 is 10.2 Å². The van der Waals surface area contributed by atoms with Crippen LogP contribution in [0.5, 0.6) is 0 Å². The second kappa shape index (κ2) is 15.0. The highest BCUT2D eigenvalue weighted by Crippen LogP contribution is 2.26. The lowest BCUT2D eigenvalue weighted by Crippen LogP contribution is -2.54. The maximum absolute atomic E-state index is 14.5. The van der Waals surface area contributed by atoms with Gasteiger partial charge in [-0.2, -0.15) is 0 Å². The number of hydrogen-bond donors (Lipinski definition) is 1. The van der Waals surface area contributed by atoms with Gasteiger partial charge in [0.15, 0.2) is 0 Å². The van der Waals surface area contributed by atoms with Crippen molar-refractivity contribution >= 4 is 27.5 Å². The minimum atomic E-state index is -4.26. The Balaban J connectivity index is 1.81. The van der Waals surface area contributed by atoms with Crippen LogP contribution in [-0.2, 0) is 32.6 Å². The van der Waals surface area contributed by atoms with Crippen molar-refractivity contribution < 1.29 is 22.4 Å². The van der Waals surface area contributed by atoms with Gasteiger partial charge in [0.25, 0.3) is 10.0 Å². The fraction of sp³-hybridized carbons (Fsp3) is 0.278. The van der Waals surface area contributed by atoms with E-state index in [1.54, 1.807) is 12.1 Å². The average Bonchev–Trinajstić information content (AvgIpc) is 3.03. The quantitative estimate of drug-likeness (QED) is 0.191. The molecule has 0 bridgehead atoms. The second-order valence-electron chi connectivity index (χ2n) is 11.3. The summed E-state index contributed by atoms with van der Waals surface area (Å²) < 4.78 is 43.0. The fourth-order valence-electron chi connectivity index (χ4n) is 4.94. The Hall–Kier alpha value is -4.50. The minimum Gasteiger partial charge on any atom is -0.352 e. The van der Waals surface area contributed by atoms with Gasteiger partial charge in [0.2, 0.25) is 11.8 Å². The van der Waals surface area contributed by atoms with Crippen molar-refractivity contribution in [2.45, 2.75) is 64.1 Å². The number of nitrogens with zero attached hydrogens (tertiary/aromatic N) is 2. The van der Waals surface area contributed by atoms with E-state index in [0.29, 0.717) is 6.42 Å². The first kappa shape index (κ1) is 33.4. The maximum atomic E-state index is 14.5. The summed E-state index contributed by atoms with van der Waals surface area (Å²) in [7, 11) is -4.26. The molecule has 0 aliphatic rings. The number of benzene rings is 4. The first-order valence-corrected chi connectivity index (χ1v) is 16.5. The van der Waals surface area contributed by atoms with Crippen LogP contribution in [0.25, 0.3) is 0 Å². The van der Waals surface area contributed by atoms with Gasteiger partial charge in [0.1, 0.15) is 18.4 Å². The zero-order valence-corrected chi connectivity index (χ0v) is 26.9. The molecule has 9 heteroatoms. The fourth-order valence-corrected chi connectivity index (χ4v) is 6.35. The van der Waals surface area contributed by atoms with Crippen LogP contribution in [0.1, 0.15) is 42.5 Å². The highest BCUT2D eigenvalue weighted by molar-refractivity contribution is 7.92. The number of aryl methyl sites for hydroxylation is 2. The predicted octanol–water partition coefficient (Wildman–Crippen LogP) is 6.19. The van der Waals surface area contributed by atoms with Gasteiger partial charge in [-0.1, -0.05) is 79.2 Å². The standard InChI is InChI=1S/C36H40FN3O4S/c1-5-28(4)38-36(42)34(23-29-12-7-6-8-13-29)39(24-30-14-10-9-11-27(30)3)35(41)25-40(32-19-17-31(37)18-20-32)45(43,44)33-21-15-26(2)16-22-33/h6-22,28,34H,5,23-25H2,1-4H3,(H,38,42)/t28-,34+/m0/s1. The summed E-state index contributed by atoms with van der Waals surface area (Å²) in [6.07, 6.45) is 0.921. The van der Waals surface area contributed by atoms with Gasteiger partial charge in [0, 0.05) is 19.0 Å². The molecule has 45 heavy (non-hydrogen) atoms. The van der Waals surface area contributed by atoms with Crippen molar-refractivity contribution in [1.29, 1.82) is 0 Å². The normalized spacial score (nSPS) is 12.6. The summed E-state index contributed by atoms with van der Waals surface area (Å²) >= 11 is 0. The van der Waals surface area contributed by atoms with Gasteiger partial charge >= 0.3 is 0 Å². The summed E-state index contributed by atoms with van der Waals surface area (Å²) in [5.41, 5.74) is 3.62. The summed E-state index contributed by atoms with van der Waals surface area (Å²) in [6.45, 7) is 7.11. The molecule has 4 aromatic rings. The van der Waals surface area contributed by atoms with E-state index < -0.39 is 34.3 Å². The summed E-state index contributed by atoms with van der Waals surface area (Å²) in [6, 6.07) is 27.2. The molecule has 236 valence electrons. The van der Waals surface area contributed by atoms with E-state index in [2.05, 4.69) is 5.32 Å². The smallest absolute Gasteiger partial charge is 0.264 e. The molecule has 0 aliphatic carbocycles. The van der Waals surface area contributed by atoms with Gasteiger partial charge in [-0.15, -0.1) is 0 Å². The molecule has 0 aromatic heterocycles. The van der Waals surface area contributed by atoms with Gasteiger partial charge in [0.05, 0.1) is 10.6 Å². The molecule has 4 aromatic carbocycles. The first-order chi connectivity index (χ1) is 21.5. The van der Waals surface area contributed by atoms with Gasteiger partial charge in [-0.3, -0.25) is 13.9 Å². The minimum absolute atomic E-state index is 0.00831. The van der Waals surface area contributed by atoms with Gasteiger partial charge in [-0.25, -0.2) is 12.8 Å². The van der Waals surface area contributed by atoms with Crippen molar-refractivity contribution in [2.24, 2.45) is 0 Å². The van der Waals surface area contributed by atoms with E-state index in [-0.39, 0.29) is 35.5 Å². The number of carbonyl (C=O) groups is 2. The Bertz CT molecular complexity index is 1690. The molecule has 0 fully saturated rings. The lowest BCUT2D eigenvalue weighted by molar-refractivity contribution is -0.140. The number of anilines is 1. The van der Waals surface area contributed by atoms with E-state index in [4.69, 9.17) is 0 Å². The Morgan fingerprint density at radius 1 is 0.844 bits per heavy atom. The molecule has 4 rings (SSSR count). The van der Waals surface area contributed by atoms with Crippen LogP contribution in [0.2, 0.25) is 0 Å². The van der Waals surface area contributed by atoms with Crippen LogP contribution >= 0.6 is 0 Å². The Morgan fingerprint density at radius 3 is 2.09 bits per heavy atom. The lowest BCUT2D eigenvalue weighted by atomic mass is 10.0. The number of rotatable bonds is 13. The molecule has 0 unspecified atom stereocenters. The maximum Gasteiger partial charge on any atom is 0.264 e. The lowest BCUT2D eigenvalue weighted by Gasteiger charge is -2.34. The summed E-state index contributed by atoms with van der Waals surface area (Å²) in [5, 5.41) is 3.03. The molecule has 0 heterocycles. The number of nitrogens with one attached hydrogen (secondary N) is 1. The number of carbonyl (C=O) groups excluding carboxylic acids is 2. The molecule has 1 N–H and O–H groups in total. The van der Waals surface area contributed by atoms with Crippen molar-refractivity contribution in [1.82, 2.24) is 10.2 Å². The van der Waals surface area contributed by atoms with Crippen LogP contribution < -0.4 is 9.62 Å². The van der Waals surface area contributed by atoms with E-state index in [1.807, 2.05) is 82.3 Å². The summed E-state index contributed by atoms with van der Waals surface area (Å²) in [5.74, 6) is -1.44. The highest BCUT2D eigenvalue weighted by atomic mass is 32.2. The van der Waals surface area contributed by atoms with Gasteiger partial charge in [-0.05, 0) is 80.3 Å². The zero-order valence-electron chi connectivity index (χ0n) is 26.1. The van der Waals surface area contributed by atoms with Crippen LogP contribution in [0.4, 0.5) is 10.1 Å². The molecular weight excluding hydrogens is 589 g/mol. The summed E-state index contributed by atoms with van der Waals surface area (Å²) in [4.78, 5) is 29.9. The molecule has 7 nitrogen and oxygen atoms in total. The van der Waals surface area contributed by atoms with E-state index in [9.17, 15) is 22.4 Å². The third-order valence-electron chi connectivity index (χ3n) is 7.88. The SMILES string of the molecule is CC[C@H](C)NC(=O)[C@@H](Cc1ccccc1)N(Cc1ccccc1C)C(=O)CN(c1ccc(F)cc1)S(=O)(=O)c1ccc(C)cc1. The van der Waals surface area contributed by atoms with E-state index in [0.717, 1.165) is 38.7 Å². The monoisotopic (exact) mass is 629 g/mol. The van der Waals surface area contributed by atoms with E-state index >= 15 is 0 Å². The largest absolute Gasteiger partial charge is 0.352 e. The number of amides is 2. The first-order valence-electron chi connectivity index (χ1n) is 15.0. The molecule has 0 saturated carbocycles. The second-order valence-corrected chi connectivity index (χ2v) is 13.1. The van der Waals surface area contributed by atoms with Crippen LogP contribution in [0.15, 0.2) is 108 Å². The van der Waals surface area contributed by atoms with Crippen LogP contribution in [-0.4, -0.2) is 43.8 Å². The molecule has 0 radical (unpaired) electrons. The predicted molar refractivity (Wildman–Crippen MR) is 176 cm³/mol. The Kier molecular flexibility index (Phi) is 11.1. The molecule has 0 saturated heterocycles. The topological polar surface area (TPSA) is 86.8 Å². The molecule has 0 aliphatic heterocycles. The van der Waals surface area contributed by atoms with Crippen LogP contribution in [0.3, 0.4) is 0 Å². The molecule has 0 spiro atoms. The van der Waals surface area contributed by atoms with Crippen molar-refractivity contribution in [3.63, 3.8) is 0 Å². The Labute approximate surface area is 265 Å². The molecule has 2 amide bonds. The van der Waals surface area contributed by atoms with E-state index in [1.165, 1.54) is 29.2 Å². The molecule has 2 atom stereocenters. The number of sulfonamides is 1. The Morgan fingerprint density at radius 2 is 1.47 bits per heavy atom. The van der Waals surface area contributed by atoms with Crippen LogP contribution in [0, 0.1) is 19.7 Å². The van der Waals surface area contributed by atoms with Crippen molar-refractivity contribution in [3.8, 4) is 0 Å². The third-order valence-corrected chi connectivity index (χ3v) is 9.66. The van der Waals surface area contributed by atoms with Crippen molar-refractivity contribution in [3.05, 3.63) is 131 Å². The number of halogens is 1.